The second kappa shape index (κ2) is 52.7. The summed E-state index contributed by atoms with van der Waals surface area (Å²) in [5, 5.41) is 0. The summed E-state index contributed by atoms with van der Waals surface area (Å²) in [6, 6.07) is 0. The molecule has 0 spiro atoms. The minimum atomic E-state index is -0.815. The minimum Gasteiger partial charge on any atom is -0.462 e. The molecule has 0 heterocycles. The van der Waals surface area contributed by atoms with E-state index < -0.39 is 6.10 Å². The molecule has 0 amide bonds. The number of hydrogen-bond donors (Lipinski definition) is 0. The number of carbonyl (C=O) groups is 3. The Kier molecular flexibility index (Phi) is 49.5. The molecule has 0 fully saturated rings. The molecule has 0 saturated heterocycles. The van der Waals surface area contributed by atoms with Crippen molar-refractivity contribution in [3.8, 4) is 0 Å². The van der Waals surface area contributed by atoms with Gasteiger partial charge >= 0.3 is 17.9 Å². The topological polar surface area (TPSA) is 78.9 Å². The van der Waals surface area contributed by atoms with Crippen LogP contribution in [0.3, 0.4) is 0 Å². The van der Waals surface area contributed by atoms with Gasteiger partial charge < -0.3 is 14.2 Å². The molecule has 0 aliphatic heterocycles. The van der Waals surface area contributed by atoms with Gasteiger partial charge in [0.2, 0.25) is 0 Å². The molecule has 0 radical (unpaired) electrons. The molecule has 0 saturated carbocycles. The van der Waals surface area contributed by atoms with E-state index in [2.05, 4.69) is 130 Å². The van der Waals surface area contributed by atoms with Gasteiger partial charge in [0, 0.05) is 19.3 Å². The number of hydrogen-bond acceptors (Lipinski definition) is 6. The Morgan fingerprint density at radius 2 is 0.615 bits per heavy atom. The third-order valence-electron chi connectivity index (χ3n) is 10.7. The molecule has 0 aliphatic rings. The van der Waals surface area contributed by atoms with Gasteiger partial charge in [-0.3, -0.25) is 14.4 Å². The highest BCUT2D eigenvalue weighted by Gasteiger charge is 2.19. The molecule has 1 unspecified atom stereocenters. The van der Waals surface area contributed by atoms with Crippen LogP contribution in [0.2, 0.25) is 0 Å². The van der Waals surface area contributed by atoms with Crippen LogP contribution in [-0.4, -0.2) is 37.2 Å². The first kappa shape index (κ1) is 61.1. The van der Waals surface area contributed by atoms with E-state index in [9.17, 15) is 14.4 Å². The summed E-state index contributed by atoms with van der Waals surface area (Å²) in [7, 11) is 0. The van der Waals surface area contributed by atoms with Crippen LogP contribution in [0.4, 0.5) is 0 Å². The van der Waals surface area contributed by atoms with Crippen LogP contribution >= 0.6 is 0 Å². The van der Waals surface area contributed by atoms with Crippen molar-refractivity contribution in [2.24, 2.45) is 0 Å². The lowest BCUT2D eigenvalue weighted by molar-refractivity contribution is -0.167. The van der Waals surface area contributed by atoms with Crippen molar-refractivity contribution in [3.63, 3.8) is 0 Å². The molecule has 65 heavy (non-hydrogen) atoms. The fourth-order valence-corrected chi connectivity index (χ4v) is 6.84. The van der Waals surface area contributed by atoms with Gasteiger partial charge in [-0.05, 0) is 116 Å². The fourth-order valence-electron chi connectivity index (χ4n) is 6.84. The second-order valence-corrected chi connectivity index (χ2v) is 17.0. The minimum absolute atomic E-state index is 0.109. The van der Waals surface area contributed by atoms with E-state index in [-0.39, 0.29) is 37.5 Å². The van der Waals surface area contributed by atoms with Gasteiger partial charge in [-0.15, -0.1) is 0 Å². The zero-order valence-electron chi connectivity index (χ0n) is 42.0. The Labute approximate surface area is 400 Å². The van der Waals surface area contributed by atoms with Crippen molar-refractivity contribution < 1.29 is 28.6 Å². The predicted octanol–water partition coefficient (Wildman–Crippen LogP) is 17.5. The molecule has 0 N–H and O–H groups in total. The van der Waals surface area contributed by atoms with Crippen molar-refractivity contribution in [1.29, 1.82) is 0 Å². The zero-order valence-corrected chi connectivity index (χ0v) is 42.0. The first-order chi connectivity index (χ1) is 32.0. The summed E-state index contributed by atoms with van der Waals surface area (Å²) in [5.74, 6) is -0.999. The lowest BCUT2D eigenvalue weighted by atomic mass is 10.1. The smallest absolute Gasteiger partial charge is 0.306 e. The number of unbranched alkanes of at least 4 members (excludes halogenated alkanes) is 17. The van der Waals surface area contributed by atoms with E-state index in [0.29, 0.717) is 19.3 Å². The molecule has 6 nitrogen and oxygen atoms in total. The van der Waals surface area contributed by atoms with Gasteiger partial charge in [0.25, 0.3) is 0 Å². The van der Waals surface area contributed by atoms with E-state index in [1.165, 1.54) is 51.4 Å². The van der Waals surface area contributed by atoms with Gasteiger partial charge in [-0.2, -0.15) is 0 Å². The normalized spacial score (nSPS) is 13.0. The molecule has 0 aromatic carbocycles. The van der Waals surface area contributed by atoms with Crippen LogP contribution in [-0.2, 0) is 28.6 Å². The van der Waals surface area contributed by atoms with Crippen LogP contribution in [0.15, 0.2) is 109 Å². The first-order valence-corrected chi connectivity index (χ1v) is 26.4. The van der Waals surface area contributed by atoms with Crippen LogP contribution in [0, 0.1) is 0 Å². The Balaban J connectivity index is 4.53. The van der Waals surface area contributed by atoms with Gasteiger partial charge in [-0.25, -0.2) is 0 Å². The molecule has 0 aromatic heterocycles. The second-order valence-electron chi connectivity index (χ2n) is 17.0. The monoisotopic (exact) mass is 901 g/mol. The summed E-state index contributed by atoms with van der Waals surface area (Å²) in [6.07, 6.45) is 70.7. The van der Waals surface area contributed by atoms with Crippen molar-refractivity contribution >= 4 is 17.9 Å². The van der Waals surface area contributed by atoms with Crippen LogP contribution in [0.5, 0.6) is 0 Å². The third-order valence-corrected chi connectivity index (χ3v) is 10.7. The van der Waals surface area contributed by atoms with Gasteiger partial charge in [0.05, 0.1) is 0 Å². The van der Waals surface area contributed by atoms with Crippen LogP contribution in [0.1, 0.15) is 226 Å². The molecule has 368 valence electrons. The standard InChI is InChI=1S/C59H96O6/c1-4-7-10-13-16-19-22-25-28-29-32-34-37-40-43-46-49-52-58(61)64-55-56(65-59(62)53-50-47-44-41-38-35-31-27-24-21-18-15-12-9-6-3)54-63-57(60)51-48-45-42-39-36-33-30-26-23-20-17-14-11-8-5-2/h7,9-10,12,16,18-19,21,25-28,30-32,34,40,43,56H,4-6,8,11,13-15,17,20,22-24,29,33,35-39,41-42,44-55H2,1-3H3/b10-7-,12-9-,19-16-,21-18-,28-25-,30-26-,31-27-,34-32-,43-40-. The molecule has 0 aromatic rings. The van der Waals surface area contributed by atoms with E-state index in [1.807, 2.05) is 0 Å². The molecule has 0 bridgehead atoms. The SMILES string of the molecule is CC/C=C\C/C=C\C/C=C\C/C=C\C/C=C\CCCC(=O)OCC(COC(=O)CCCCCCC/C=C\CCCCCCCC)OC(=O)CCCCCCC/C=C\C/C=C\C/C=C\CC. The number of rotatable bonds is 46. The fraction of sp³-hybridized carbons (Fsp3) is 0.644. The van der Waals surface area contributed by atoms with Gasteiger partial charge in [-0.1, -0.05) is 201 Å². The predicted molar refractivity (Wildman–Crippen MR) is 279 cm³/mol. The first-order valence-electron chi connectivity index (χ1n) is 26.4. The molecule has 0 aliphatic carbocycles. The van der Waals surface area contributed by atoms with Gasteiger partial charge in [0.1, 0.15) is 13.2 Å². The van der Waals surface area contributed by atoms with Crippen LogP contribution in [0.25, 0.3) is 0 Å². The van der Waals surface area contributed by atoms with E-state index in [4.69, 9.17) is 14.2 Å². The zero-order chi connectivity index (χ0) is 47.2. The summed E-state index contributed by atoms with van der Waals surface area (Å²) in [4.78, 5) is 38.0. The Bertz CT molecular complexity index is 1360. The largest absolute Gasteiger partial charge is 0.462 e. The third kappa shape index (κ3) is 50.9. The highest BCUT2D eigenvalue weighted by Crippen LogP contribution is 2.13. The van der Waals surface area contributed by atoms with Gasteiger partial charge in [0.15, 0.2) is 6.10 Å². The van der Waals surface area contributed by atoms with E-state index >= 15 is 0 Å². The number of esters is 3. The highest BCUT2D eigenvalue weighted by molar-refractivity contribution is 5.71. The van der Waals surface area contributed by atoms with E-state index in [0.717, 1.165) is 128 Å². The van der Waals surface area contributed by atoms with Crippen molar-refractivity contribution in [3.05, 3.63) is 109 Å². The lowest BCUT2D eigenvalue weighted by Crippen LogP contribution is -2.30. The summed E-state index contributed by atoms with van der Waals surface area (Å²) in [5.41, 5.74) is 0. The molecule has 6 heteroatoms. The molecule has 1 atom stereocenters. The molecular formula is C59H96O6. The quantitative estimate of drug-likeness (QED) is 0.0262. The maximum atomic E-state index is 12.8. The average Bonchev–Trinajstić information content (AvgIpc) is 3.30. The number of carbonyl (C=O) groups excluding carboxylic acids is 3. The lowest BCUT2D eigenvalue weighted by Gasteiger charge is -2.18. The average molecular weight is 901 g/mol. The maximum Gasteiger partial charge on any atom is 0.306 e. The molecular weight excluding hydrogens is 805 g/mol. The summed E-state index contributed by atoms with van der Waals surface area (Å²) in [6.45, 7) is 6.33. The number of ether oxygens (including phenoxy) is 3. The van der Waals surface area contributed by atoms with Crippen molar-refractivity contribution in [2.45, 2.75) is 232 Å². The van der Waals surface area contributed by atoms with E-state index in [1.54, 1.807) is 0 Å². The Morgan fingerprint density at radius 3 is 1.02 bits per heavy atom. The number of allylic oxidation sites excluding steroid dienone is 18. The maximum absolute atomic E-state index is 12.8. The van der Waals surface area contributed by atoms with Crippen molar-refractivity contribution in [1.82, 2.24) is 0 Å². The van der Waals surface area contributed by atoms with Crippen molar-refractivity contribution in [2.75, 3.05) is 13.2 Å². The Morgan fingerprint density at radius 1 is 0.323 bits per heavy atom. The summed E-state index contributed by atoms with van der Waals surface area (Å²) >= 11 is 0. The molecule has 0 rings (SSSR count). The highest BCUT2D eigenvalue weighted by atomic mass is 16.6. The van der Waals surface area contributed by atoms with Crippen LogP contribution < -0.4 is 0 Å². The Hall–Kier alpha value is -3.93. The summed E-state index contributed by atoms with van der Waals surface area (Å²) < 4.78 is 16.7.